The van der Waals surface area contributed by atoms with E-state index >= 15 is 0 Å². The molecular weight excluding hydrogens is 548 g/mol. The largest absolute Gasteiger partial charge is 0.343 e. The number of carbonyl (C=O) groups is 4. The molecule has 232 valence electrons. The molecule has 4 amide bonds. The van der Waals surface area contributed by atoms with Crippen LogP contribution in [0.15, 0.2) is 30.3 Å². The molecule has 7 N–H and O–H groups in total. The number of benzene rings is 1. The minimum atomic E-state index is -3.21. The fraction of sp³-hybridized carbons (Fsp3) is 0.621. The number of likely N-dealkylation sites (tertiary alicyclic amines) is 1. The maximum absolute atomic E-state index is 14.0. The Bertz CT molecular complexity index is 1100. The number of amides is 4. The minimum Gasteiger partial charge on any atom is -0.343 e. The van der Waals surface area contributed by atoms with Crippen LogP contribution in [-0.2, 0) is 14.4 Å². The van der Waals surface area contributed by atoms with Gasteiger partial charge in [0.25, 0.3) is 11.8 Å². The summed E-state index contributed by atoms with van der Waals surface area (Å²) < 4.78 is 28.1. The average Bonchev–Trinajstić information content (AvgIpc) is 3.28. The number of nitrogens with zero attached hydrogens (tertiary/aromatic N) is 2. The van der Waals surface area contributed by atoms with Gasteiger partial charge in [0.15, 0.2) is 0 Å². The summed E-state index contributed by atoms with van der Waals surface area (Å²) in [5.41, 5.74) is 11.6. The number of nitriles is 1. The molecule has 1 unspecified atom stereocenters. The van der Waals surface area contributed by atoms with Gasteiger partial charge in [0.1, 0.15) is 24.2 Å². The quantitative estimate of drug-likeness (QED) is 0.180. The molecule has 1 aliphatic rings. The summed E-state index contributed by atoms with van der Waals surface area (Å²) in [6, 6.07) is 5.57. The van der Waals surface area contributed by atoms with Crippen molar-refractivity contribution in [3.63, 3.8) is 0 Å². The van der Waals surface area contributed by atoms with Crippen LogP contribution in [0.25, 0.3) is 0 Å². The topological polar surface area (TPSA) is 183 Å². The molecule has 0 radical (unpaired) electrons. The lowest BCUT2D eigenvalue weighted by Crippen LogP contribution is -2.57. The van der Waals surface area contributed by atoms with Crippen molar-refractivity contribution in [2.75, 3.05) is 19.6 Å². The summed E-state index contributed by atoms with van der Waals surface area (Å²) in [5.74, 6) is -5.77. The summed E-state index contributed by atoms with van der Waals surface area (Å²) in [6.45, 7) is 3.38. The van der Waals surface area contributed by atoms with Crippen LogP contribution < -0.4 is 27.4 Å². The second-order valence-corrected chi connectivity index (χ2v) is 11.0. The second kappa shape index (κ2) is 16.7. The van der Waals surface area contributed by atoms with Crippen LogP contribution >= 0.6 is 0 Å². The van der Waals surface area contributed by atoms with Gasteiger partial charge in [-0.15, -0.1) is 0 Å². The highest BCUT2D eigenvalue weighted by molar-refractivity contribution is 5.98. The maximum Gasteiger partial charge on any atom is 0.268 e. The van der Waals surface area contributed by atoms with Gasteiger partial charge in [-0.25, -0.2) is 8.78 Å². The molecule has 0 aromatic heterocycles. The Morgan fingerprint density at radius 3 is 2.14 bits per heavy atom. The third kappa shape index (κ3) is 10.6. The van der Waals surface area contributed by atoms with Crippen molar-refractivity contribution in [3.8, 4) is 6.07 Å². The zero-order chi connectivity index (χ0) is 31.3. The van der Waals surface area contributed by atoms with E-state index in [9.17, 15) is 33.2 Å². The first-order valence-electron chi connectivity index (χ1n) is 14.4. The van der Waals surface area contributed by atoms with E-state index in [-0.39, 0.29) is 31.7 Å². The van der Waals surface area contributed by atoms with E-state index in [0.717, 1.165) is 4.90 Å². The first-order valence-corrected chi connectivity index (χ1v) is 14.4. The summed E-state index contributed by atoms with van der Waals surface area (Å²) in [7, 11) is 0. The van der Waals surface area contributed by atoms with Crippen molar-refractivity contribution in [1.82, 2.24) is 20.9 Å². The predicted molar refractivity (Wildman–Crippen MR) is 153 cm³/mol. The normalized spacial score (nSPS) is 18.0. The van der Waals surface area contributed by atoms with E-state index in [1.165, 1.54) is 0 Å². The van der Waals surface area contributed by atoms with Crippen LogP contribution in [0.4, 0.5) is 8.78 Å². The molecule has 1 aromatic rings. The van der Waals surface area contributed by atoms with E-state index in [4.69, 9.17) is 11.5 Å². The number of unbranched alkanes of at least 4 members (excludes halogenated alkanes) is 1. The molecular formula is C29H43F2N7O4. The Morgan fingerprint density at radius 2 is 1.55 bits per heavy atom. The van der Waals surface area contributed by atoms with Gasteiger partial charge in [0.2, 0.25) is 17.7 Å². The highest BCUT2D eigenvalue weighted by Crippen LogP contribution is 2.32. The SMILES string of the molecule is CC(C)C[C@H](NC(=O)[C@H](CCCCN)NC(=O)c1ccccc1)C(=O)N[C@@H](CCCN)C(=O)N1CC(F)(F)CC1C#N. The smallest absolute Gasteiger partial charge is 0.268 e. The van der Waals surface area contributed by atoms with Gasteiger partial charge in [0, 0.05) is 12.0 Å². The lowest BCUT2D eigenvalue weighted by molar-refractivity contribution is -0.138. The van der Waals surface area contributed by atoms with E-state index < -0.39 is 66.7 Å². The van der Waals surface area contributed by atoms with Crippen LogP contribution in [0.5, 0.6) is 0 Å². The van der Waals surface area contributed by atoms with Crippen LogP contribution in [0.3, 0.4) is 0 Å². The first kappa shape index (κ1) is 34.6. The highest BCUT2D eigenvalue weighted by atomic mass is 19.3. The first-order chi connectivity index (χ1) is 19.9. The van der Waals surface area contributed by atoms with Gasteiger partial charge >= 0.3 is 0 Å². The molecule has 1 saturated heterocycles. The lowest BCUT2D eigenvalue weighted by Gasteiger charge is -2.29. The molecule has 13 heteroatoms. The van der Waals surface area contributed by atoms with E-state index in [2.05, 4.69) is 16.0 Å². The number of nitrogens with two attached hydrogens (primary N) is 2. The van der Waals surface area contributed by atoms with Crippen LogP contribution in [0, 0.1) is 17.2 Å². The van der Waals surface area contributed by atoms with Crippen LogP contribution in [0.1, 0.15) is 69.2 Å². The summed E-state index contributed by atoms with van der Waals surface area (Å²) in [6.07, 6.45) is 1.28. The van der Waals surface area contributed by atoms with Crippen molar-refractivity contribution in [3.05, 3.63) is 35.9 Å². The Morgan fingerprint density at radius 1 is 0.952 bits per heavy atom. The number of rotatable bonds is 16. The number of hydrogen-bond donors (Lipinski definition) is 5. The Balaban J connectivity index is 2.22. The van der Waals surface area contributed by atoms with Gasteiger partial charge in [-0.05, 0) is 69.7 Å². The third-order valence-corrected chi connectivity index (χ3v) is 6.96. The zero-order valence-corrected chi connectivity index (χ0v) is 24.3. The number of nitrogens with one attached hydrogen (secondary N) is 3. The Kier molecular flexibility index (Phi) is 13.8. The standard InChI is InChI=1S/C29H43F2N7O4/c1-19(2)15-24(37-26(40)22(11-6-7-13-32)35-25(39)20-9-4-3-5-10-20)27(41)36-23(12-8-14-33)28(42)38-18-29(30,31)16-21(38)17-34/h3-5,9-10,19,21-24H,6-8,11-16,18,32-33H2,1-2H3,(H,35,39)(H,36,41)(H,37,40)/t21?,22-,23-,24-/m0/s1. The minimum absolute atomic E-state index is 0.0471. The van der Waals surface area contributed by atoms with Crippen molar-refractivity contribution >= 4 is 23.6 Å². The van der Waals surface area contributed by atoms with Crippen molar-refractivity contribution in [2.45, 2.75) is 88.9 Å². The number of halogens is 2. The lowest BCUT2D eigenvalue weighted by atomic mass is 10.0. The van der Waals surface area contributed by atoms with Gasteiger partial charge in [-0.1, -0.05) is 32.0 Å². The predicted octanol–water partition coefficient (Wildman–Crippen LogP) is 1.43. The fourth-order valence-corrected chi connectivity index (χ4v) is 4.78. The zero-order valence-electron chi connectivity index (χ0n) is 24.3. The summed E-state index contributed by atoms with van der Waals surface area (Å²) in [4.78, 5) is 53.7. The van der Waals surface area contributed by atoms with E-state index in [0.29, 0.717) is 31.4 Å². The van der Waals surface area contributed by atoms with Gasteiger partial charge < -0.3 is 32.3 Å². The fourth-order valence-electron chi connectivity index (χ4n) is 4.78. The number of alkyl halides is 2. The van der Waals surface area contributed by atoms with Crippen molar-refractivity contribution in [2.24, 2.45) is 17.4 Å². The average molecular weight is 592 g/mol. The molecule has 1 fully saturated rings. The summed E-state index contributed by atoms with van der Waals surface area (Å²) >= 11 is 0. The monoisotopic (exact) mass is 591 g/mol. The Hall–Kier alpha value is -3.63. The molecule has 0 bridgehead atoms. The molecule has 2 rings (SSSR count). The molecule has 1 aromatic carbocycles. The van der Waals surface area contributed by atoms with Crippen molar-refractivity contribution < 1.29 is 28.0 Å². The van der Waals surface area contributed by atoms with Crippen LogP contribution in [0.2, 0.25) is 0 Å². The number of carbonyl (C=O) groups excluding carboxylic acids is 4. The Labute approximate surface area is 245 Å². The van der Waals surface area contributed by atoms with Gasteiger partial charge in [-0.3, -0.25) is 19.2 Å². The van der Waals surface area contributed by atoms with E-state index in [1.807, 2.05) is 13.8 Å². The van der Waals surface area contributed by atoms with E-state index in [1.54, 1.807) is 36.4 Å². The second-order valence-electron chi connectivity index (χ2n) is 11.0. The van der Waals surface area contributed by atoms with Crippen molar-refractivity contribution in [1.29, 1.82) is 5.26 Å². The van der Waals surface area contributed by atoms with Gasteiger partial charge in [-0.2, -0.15) is 5.26 Å². The molecule has 4 atom stereocenters. The molecule has 11 nitrogen and oxygen atoms in total. The third-order valence-electron chi connectivity index (χ3n) is 6.96. The molecule has 0 spiro atoms. The highest BCUT2D eigenvalue weighted by Gasteiger charge is 2.48. The molecule has 1 aliphatic heterocycles. The molecule has 1 heterocycles. The van der Waals surface area contributed by atoms with Gasteiger partial charge in [0.05, 0.1) is 12.6 Å². The molecule has 42 heavy (non-hydrogen) atoms. The van der Waals surface area contributed by atoms with Crippen LogP contribution in [-0.4, -0.2) is 78.3 Å². The number of hydrogen-bond acceptors (Lipinski definition) is 7. The maximum atomic E-state index is 14.0. The summed E-state index contributed by atoms with van der Waals surface area (Å²) in [5, 5.41) is 17.4. The molecule has 0 saturated carbocycles. The molecule has 0 aliphatic carbocycles.